The van der Waals surface area contributed by atoms with Crippen molar-refractivity contribution in [2.24, 2.45) is 10.9 Å². The van der Waals surface area contributed by atoms with Crippen LogP contribution in [0.3, 0.4) is 0 Å². The Hall–Kier alpha value is -2.44. The molecule has 1 aromatic rings. The number of ketones is 1. The highest BCUT2D eigenvalue weighted by molar-refractivity contribution is 7.90. The molecular formula is C25H32ClNO4S. The number of Topliss-reactive ketones (excluding diaryl/α,β-unsaturated/α-hetero) is 1. The number of hydrogen-bond donors (Lipinski definition) is 0. The molecule has 0 unspecified atom stereocenters. The first kappa shape index (κ1) is 27.6. The molecule has 0 N–H and O–H groups in total. The maximum atomic E-state index is 12.1. The van der Waals surface area contributed by atoms with Gasteiger partial charge in [0.05, 0.1) is 4.90 Å². The minimum atomic E-state index is -3.32. The van der Waals surface area contributed by atoms with Gasteiger partial charge in [0.2, 0.25) is 0 Å². The van der Waals surface area contributed by atoms with Gasteiger partial charge in [-0.1, -0.05) is 62.6 Å². The van der Waals surface area contributed by atoms with E-state index in [4.69, 9.17) is 16.3 Å². The number of hydrogen-bond acceptors (Lipinski definition) is 5. The van der Waals surface area contributed by atoms with Crippen LogP contribution in [0.2, 0.25) is 0 Å². The average Bonchev–Trinajstić information content (AvgIpc) is 3.59. The van der Waals surface area contributed by atoms with Crippen molar-refractivity contribution in [1.29, 1.82) is 0 Å². The third-order valence-electron chi connectivity index (χ3n) is 4.63. The van der Waals surface area contributed by atoms with Crippen molar-refractivity contribution in [2.75, 3.05) is 13.3 Å². The van der Waals surface area contributed by atoms with Crippen molar-refractivity contribution < 1.29 is 17.9 Å². The number of carbonyl (C=O) groups is 1. The Balaban J connectivity index is 0.000000894. The Morgan fingerprint density at radius 1 is 1.25 bits per heavy atom. The van der Waals surface area contributed by atoms with Crippen LogP contribution in [-0.4, -0.2) is 33.7 Å². The number of nitrogens with zero attached hydrogens (tertiary/aromatic N) is 1. The zero-order valence-electron chi connectivity index (χ0n) is 19.4. The fraction of sp³-hybridized carbons (Fsp3) is 0.360. The molecule has 1 aliphatic carbocycles. The molecule has 5 nitrogen and oxygen atoms in total. The third-order valence-corrected chi connectivity index (χ3v) is 6.10. The molecule has 1 aliphatic rings. The second kappa shape index (κ2) is 13.2. The molecule has 32 heavy (non-hydrogen) atoms. The highest BCUT2D eigenvalue weighted by Crippen LogP contribution is 2.31. The molecule has 0 aromatic heterocycles. The standard InChI is InChI=1S/C20H22ClNO4S.C5H10/c1-6-17(21)10-7-14(2)26-20(15(3)23)19(13-22-4)16-8-11-18(12-9-16)27(5,24)25;1-2-5-3-4-5/h6-13H,2H2,1,3-5H3;5H,2-4H2,1H3/b10-7-,17-6+,20-19-,22-13?;. The van der Waals surface area contributed by atoms with Crippen LogP contribution in [0.4, 0.5) is 0 Å². The normalized spacial score (nSPS) is 15.2. The van der Waals surface area contributed by atoms with Gasteiger partial charge in [-0.25, -0.2) is 8.42 Å². The lowest BCUT2D eigenvalue weighted by Gasteiger charge is -2.12. The fourth-order valence-corrected chi connectivity index (χ4v) is 3.24. The van der Waals surface area contributed by atoms with Gasteiger partial charge in [0.25, 0.3) is 0 Å². The Bertz CT molecular complexity index is 1030. The molecule has 0 saturated heterocycles. The van der Waals surface area contributed by atoms with Crippen LogP contribution in [0.25, 0.3) is 5.57 Å². The van der Waals surface area contributed by atoms with E-state index >= 15 is 0 Å². The first-order valence-electron chi connectivity index (χ1n) is 10.4. The van der Waals surface area contributed by atoms with Crippen LogP contribution >= 0.6 is 11.6 Å². The van der Waals surface area contributed by atoms with Crippen LogP contribution in [0.1, 0.15) is 45.6 Å². The predicted octanol–water partition coefficient (Wildman–Crippen LogP) is 6.13. The summed E-state index contributed by atoms with van der Waals surface area (Å²) in [4.78, 5) is 16.3. The lowest BCUT2D eigenvalue weighted by atomic mass is 10.0. The summed E-state index contributed by atoms with van der Waals surface area (Å²) in [7, 11) is -1.76. The summed E-state index contributed by atoms with van der Waals surface area (Å²) in [5.74, 6) is 1.06. The molecule has 7 heteroatoms. The van der Waals surface area contributed by atoms with Gasteiger partial charge in [-0.2, -0.15) is 0 Å². The lowest BCUT2D eigenvalue weighted by molar-refractivity contribution is -0.116. The number of halogens is 1. The Morgan fingerprint density at radius 3 is 2.22 bits per heavy atom. The molecule has 1 aromatic carbocycles. The lowest BCUT2D eigenvalue weighted by Crippen LogP contribution is -2.07. The zero-order valence-corrected chi connectivity index (χ0v) is 21.0. The van der Waals surface area contributed by atoms with Gasteiger partial charge >= 0.3 is 0 Å². The number of rotatable bonds is 9. The molecule has 0 amide bonds. The fourth-order valence-electron chi connectivity index (χ4n) is 2.55. The van der Waals surface area contributed by atoms with Crippen LogP contribution in [0.5, 0.6) is 0 Å². The van der Waals surface area contributed by atoms with E-state index in [2.05, 4.69) is 18.5 Å². The van der Waals surface area contributed by atoms with Gasteiger partial charge in [-0.05, 0) is 42.7 Å². The van der Waals surface area contributed by atoms with Crippen molar-refractivity contribution in [3.63, 3.8) is 0 Å². The van der Waals surface area contributed by atoms with Crippen molar-refractivity contribution in [1.82, 2.24) is 0 Å². The SMILES string of the molecule is C=C(/C=C\C(Cl)=C/C)O/C(C(C)=O)=C(/C=NC)c1ccc(S(C)(=O)=O)cc1.CCC1CC1. The van der Waals surface area contributed by atoms with Crippen LogP contribution in [-0.2, 0) is 19.4 Å². The summed E-state index contributed by atoms with van der Waals surface area (Å²) in [5.41, 5.74) is 0.998. The molecule has 0 aliphatic heterocycles. The molecule has 0 radical (unpaired) electrons. The molecule has 2 rings (SSSR count). The smallest absolute Gasteiger partial charge is 0.195 e. The first-order valence-corrected chi connectivity index (χ1v) is 12.6. The number of allylic oxidation sites excluding steroid dienone is 6. The number of ether oxygens (including phenoxy) is 1. The number of sulfone groups is 1. The molecule has 1 saturated carbocycles. The van der Waals surface area contributed by atoms with Gasteiger partial charge in [0, 0.05) is 37.0 Å². The highest BCUT2D eigenvalue weighted by atomic mass is 35.5. The van der Waals surface area contributed by atoms with Gasteiger partial charge < -0.3 is 4.74 Å². The summed E-state index contributed by atoms with van der Waals surface area (Å²) in [5, 5.41) is 0.500. The average molecular weight is 478 g/mol. The van der Waals surface area contributed by atoms with E-state index in [1.807, 2.05) is 0 Å². The molecular weight excluding hydrogens is 446 g/mol. The topological polar surface area (TPSA) is 72.8 Å². The van der Waals surface area contributed by atoms with E-state index < -0.39 is 9.84 Å². The molecule has 0 atom stereocenters. The van der Waals surface area contributed by atoms with E-state index in [-0.39, 0.29) is 22.2 Å². The van der Waals surface area contributed by atoms with Crippen molar-refractivity contribution >= 4 is 39.0 Å². The minimum Gasteiger partial charge on any atom is -0.454 e. The monoisotopic (exact) mass is 477 g/mol. The van der Waals surface area contributed by atoms with E-state index in [0.29, 0.717) is 16.2 Å². The summed E-state index contributed by atoms with van der Waals surface area (Å²) in [6.07, 6.45) is 11.9. The van der Waals surface area contributed by atoms with Crippen molar-refractivity contribution in [3.05, 3.63) is 71.2 Å². The highest BCUT2D eigenvalue weighted by Gasteiger charge is 2.17. The maximum Gasteiger partial charge on any atom is 0.195 e. The quantitative estimate of drug-likeness (QED) is 0.186. The summed E-state index contributed by atoms with van der Waals surface area (Å²) in [6, 6.07) is 6.11. The van der Waals surface area contributed by atoms with E-state index in [9.17, 15) is 13.2 Å². The zero-order chi connectivity index (χ0) is 24.3. The van der Waals surface area contributed by atoms with Crippen molar-refractivity contribution in [3.8, 4) is 0 Å². The summed E-state index contributed by atoms with van der Waals surface area (Å²) in [6.45, 7) is 9.17. The summed E-state index contributed by atoms with van der Waals surface area (Å²) < 4.78 is 28.9. The van der Waals surface area contributed by atoms with E-state index in [1.54, 1.807) is 44.3 Å². The van der Waals surface area contributed by atoms with Crippen molar-refractivity contribution in [2.45, 2.75) is 44.9 Å². The maximum absolute atomic E-state index is 12.1. The molecule has 0 spiro atoms. The second-order valence-electron chi connectivity index (χ2n) is 7.41. The predicted molar refractivity (Wildman–Crippen MR) is 134 cm³/mol. The van der Waals surface area contributed by atoms with Gasteiger partial charge in [0.1, 0.15) is 5.76 Å². The van der Waals surface area contributed by atoms with Crippen LogP contribution in [0, 0.1) is 5.92 Å². The molecule has 174 valence electrons. The largest absolute Gasteiger partial charge is 0.454 e. The van der Waals surface area contributed by atoms with Gasteiger partial charge in [-0.3, -0.25) is 9.79 Å². The Morgan fingerprint density at radius 2 is 1.84 bits per heavy atom. The van der Waals surface area contributed by atoms with E-state index in [0.717, 1.165) is 12.2 Å². The number of aliphatic imine (C=N–C) groups is 1. The molecule has 0 heterocycles. The minimum absolute atomic E-state index is 0.0407. The van der Waals surface area contributed by atoms with Gasteiger partial charge in [0.15, 0.2) is 21.4 Å². The number of carbonyl (C=O) groups excluding carboxylic acids is 1. The second-order valence-corrected chi connectivity index (χ2v) is 9.86. The molecule has 1 fully saturated rings. The third kappa shape index (κ3) is 9.79. The van der Waals surface area contributed by atoms with Crippen LogP contribution < -0.4 is 0 Å². The first-order chi connectivity index (χ1) is 15.0. The van der Waals surface area contributed by atoms with Gasteiger partial charge in [-0.15, -0.1) is 0 Å². The summed E-state index contributed by atoms with van der Waals surface area (Å²) >= 11 is 5.90. The van der Waals surface area contributed by atoms with E-state index in [1.165, 1.54) is 44.5 Å². The Kier molecular flexibility index (Phi) is 11.4. The Labute approximate surface area is 197 Å². The van der Waals surface area contributed by atoms with Crippen LogP contribution in [0.15, 0.2) is 75.5 Å². The number of benzene rings is 1. The molecule has 0 bridgehead atoms.